The van der Waals surface area contributed by atoms with Gasteiger partial charge < -0.3 is 15.2 Å². The predicted octanol–water partition coefficient (Wildman–Crippen LogP) is 0.833. The maximum Gasteiger partial charge on any atom is 0.247 e. The van der Waals surface area contributed by atoms with E-state index >= 15 is 0 Å². The second kappa shape index (κ2) is 5.10. The van der Waals surface area contributed by atoms with E-state index < -0.39 is 0 Å². The molecule has 0 bridgehead atoms. The topological polar surface area (TPSA) is 47.4 Å². The smallest absolute Gasteiger partial charge is 0.247 e. The van der Waals surface area contributed by atoms with Crippen molar-refractivity contribution in [3.63, 3.8) is 0 Å². The van der Waals surface area contributed by atoms with E-state index in [4.69, 9.17) is 5.41 Å². The summed E-state index contributed by atoms with van der Waals surface area (Å²) in [6, 6.07) is 0. The quantitative estimate of drug-likeness (QED) is 0.680. The lowest BCUT2D eigenvalue weighted by molar-refractivity contribution is -0.127. The Kier molecular flexibility index (Phi) is 3.54. The number of hydrogen-bond acceptors (Lipinski definition) is 3. The van der Waals surface area contributed by atoms with E-state index in [1.54, 1.807) is 30.4 Å². The molecular weight excluding hydrogens is 214 g/mol. The Morgan fingerprint density at radius 3 is 2.35 bits per heavy atom. The van der Waals surface area contributed by atoms with Gasteiger partial charge in [0.05, 0.1) is 5.71 Å². The molecule has 1 N–H and O–H groups in total. The normalized spacial score (nSPS) is 20.9. The van der Waals surface area contributed by atoms with Gasteiger partial charge in [0.2, 0.25) is 5.91 Å². The second-order valence-corrected chi connectivity index (χ2v) is 4.39. The van der Waals surface area contributed by atoms with Gasteiger partial charge in [0.15, 0.2) is 0 Å². The van der Waals surface area contributed by atoms with Crippen molar-refractivity contribution in [3.05, 3.63) is 36.0 Å². The van der Waals surface area contributed by atoms with E-state index in [2.05, 4.69) is 11.9 Å². The van der Waals surface area contributed by atoms with Crippen LogP contribution in [-0.2, 0) is 4.79 Å². The first-order valence-electron chi connectivity index (χ1n) is 5.79. The Morgan fingerprint density at radius 2 is 1.76 bits per heavy atom. The van der Waals surface area contributed by atoms with E-state index in [0.29, 0.717) is 5.71 Å². The van der Waals surface area contributed by atoms with Crippen molar-refractivity contribution < 1.29 is 4.79 Å². The van der Waals surface area contributed by atoms with Crippen LogP contribution in [0.25, 0.3) is 0 Å². The maximum atomic E-state index is 12.0. The van der Waals surface area contributed by atoms with Crippen LogP contribution >= 0.6 is 0 Å². The average Bonchev–Trinajstić information content (AvgIpc) is 2.33. The number of likely N-dealkylation sites (N-methyl/N-ethyl adjacent to an activating group) is 1. The molecule has 2 rings (SSSR count). The Labute approximate surface area is 101 Å². The van der Waals surface area contributed by atoms with Gasteiger partial charge in [0.25, 0.3) is 0 Å². The van der Waals surface area contributed by atoms with Crippen LogP contribution in [-0.4, -0.2) is 54.6 Å². The van der Waals surface area contributed by atoms with Gasteiger partial charge in [-0.2, -0.15) is 0 Å². The van der Waals surface area contributed by atoms with Crippen LogP contribution in [0.2, 0.25) is 0 Å². The van der Waals surface area contributed by atoms with Crippen LogP contribution < -0.4 is 0 Å². The van der Waals surface area contributed by atoms with Gasteiger partial charge in [-0.05, 0) is 24.8 Å². The second-order valence-electron chi connectivity index (χ2n) is 4.39. The SMILES string of the molecule is CN1CCN(C(=O)C=C2C=CC(=N)C=C2)CC1. The molecular formula is C13H17N3O. The van der Waals surface area contributed by atoms with E-state index in [9.17, 15) is 4.79 Å². The monoisotopic (exact) mass is 231 g/mol. The number of carbonyl (C=O) groups is 1. The molecule has 1 aliphatic carbocycles. The molecule has 2 aliphatic rings. The van der Waals surface area contributed by atoms with Crippen molar-refractivity contribution in [1.82, 2.24) is 9.80 Å². The number of amides is 1. The highest BCUT2D eigenvalue weighted by molar-refractivity contribution is 6.04. The van der Waals surface area contributed by atoms with Crippen LogP contribution in [0, 0.1) is 5.41 Å². The Hall–Kier alpha value is -1.68. The van der Waals surface area contributed by atoms with Crippen LogP contribution in [0.1, 0.15) is 0 Å². The number of piperazine rings is 1. The van der Waals surface area contributed by atoms with Crippen LogP contribution in [0.3, 0.4) is 0 Å². The van der Waals surface area contributed by atoms with E-state index in [1.807, 2.05) is 4.90 Å². The molecule has 0 atom stereocenters. The van der Waals surface area contributed by atoms with Gasteiger partial charge in [-0.3, -0.25) is 4.79 Å². The van der Waals surface area contributed by atoms with Gasteiger partial charge in [0, 0.05) is 32.3 Å². The standard InChI is InChI=1S/C13H17N3O/c1-15-6-8-16(9-7-15)13(17)10-11-2-4-12(14)5-3-11/h2-5,10,14H,6-9H2,1H3. The summed E-state index contributed by atoms with van der Waals surface area (Å²) in [5.41, 5.74) is 1.33. The highest BCUT2D eigenvalue weighted by Crippen LogP contribution is 2.08. The average molecular weight is 231 g/mol. The number of nitrogens with one attached hydrogen (secondary N) is 1. The van der Waals surface area contributed by atoms with Gasteiger partial charge >= 0.3 is 0 Å². The highest BCUT2D eigenvalue weighted by Gasteiger charge is 2.17. The van der Waals surface area contributed by atoms with Crippen LogP contribution in [0.5, 0.6) is 0 Å². The molecule has 4 heteroatoms. The van der Waals surface area contributed by atoms with Crippen molar-refractivity contribution in [1.29, 1.82) is 5.41 Å². The lowest BCUT2D eigenvalue weighted by Crippen LogP contribution is -2.46. The van der Waals surface area contributed by atoms with Crippen LogP contribution in [0.15, 0.2) is 36.0 Å². The summed E-state index contributed by atoms with van der Waals surface area (Å²) in [4.78, 5) is 16.1. The van der Waals surface area contributed by atoms with Crippen molar-refractivity contribution in [2.45, 2.75) is 0 Å². The largest absolute Gasteiger partial charge is 0.337 e. The molecule has 0 aromatic heterocycles. The molecule has 0 saturated carbocycles. The molecule has 0 aromatic carbocycles. The van der Waals surface area contributed by atoms with Gasteiger partial charge in [0.1, 0.15) is 0 Å². The molecule has 4 nitrogen and oxygen atoms in total. The summed E-state index contributed by atoms with van der Waals surface area (Å²) in [6.45, 7) is 3.46. The molecule has 0 aromatic rings. The summed E-state index contributed by atoms with van der Waals surface area (Å²) >= 11 is 0. The fraction of sp³-hybridized carbons (Fsp3) is 0.385. The predicted molar refractivity (Wildman–Crippen MR) is 68.2 cm³/mol. The van der Waals surface area contributed by atoms with Crippen molar-refractivity contribution in [3.8, 4) is 0 Å². The number of allylic oxidation sites excluding steroid dienone is 5. The molecule has 17 heavy (non-hydrogen) atoms. The minimum atomic E-state index is 0.0656. The third kappa shape index (κ3) is 3.14. The summed E-state index contributed by atoms with van der Waals surface area (Å²) < 4.78 is 0. The number of nitrogens with zero attached hydrogens (tertiary/aromatic N) is 2. The molecule has 1 amide bonds. The first kappa shape index (κ1) is 11.8. The van der Waals surface area contributed by atoms with Crippen LogP contribution in [0.4, 0.5) is 0 Å². The van der Waals surface area contributed by atoms with Gasteiger partial charge in [-0.25, -0.2) is 0 Å². The zero-order chi connectivity index (χ0) is 12.3. The molecule has 0 unspecified atom stereocenters. The van der Waals surface area contributed by atoms with Gasteiger partial charge in [-0.15, -0.1) is 0 Å². The van der Waals surface area contributed by atoms with Gasteiger partial charge in [-0.1, -0.05) is 12.2 Å². The van der Waals surface area contributed by atoms with E-state index in [-0.39, 0.29) is 5.91 Å². The zero-order valence-electron chi connectivity index (χ0n) is 10.0. The Balaban J connectivity index is 1.97. The summed E-state index contributed by atoms with van der Waals surface area (Å²) in [7, 11) is 2.07. The molecule has 90 valence electrons. The first-order chi connectivity index (χ1) is 8.15. The molecule has 1 heterocycles. The fourth-order valence-corrected chi connectivity index (χ4v) is 1.84. The zero-order valence-corrected chi connectivity index (χ0v) is 10.0. The molecule has 0 radical (unpaired) electrons. The van der Waals surface area contributed by atoms with E-state index in [1.165, 1.54) is 0 Å². The molecule has 1 aliphatic heterocycles. The number of carbonyl (C=O) groups excluding carboxylic acids is 1. The summed E-state index contributed by atoms with van der Waals surface area (Å²) in [5.74, 6) is 0.0656. The van der Waals surface area contributed by atoms with E-state index in [0.717, 1.165) is 31.8 Å². The Morgan fingerprint density at radius 1 is 1.18 bits per heavy atom. The number of hydrogen-bond donors (Lipinski definition) is 1. The first-order valence-corrected chi connectivity index (χ1v) is 5.79. The lowest BCUT2D eigenvalue weighted by Gasteiger charge is -2.31. The summed E-state index contributed by atoms with van der Waals surface area (Å²) in [5, 5.41) is 7.38. The minimum absolute atomic E-state index is 0.0656. The third-order valence-corrected chi connectivity index (χ3v) is 3.02. The lowest BCUT2D eigenvalue weighted by atomic mass is 10.1. The van der Waals surface area contributed by atoms with Crippen molar-refractivity contribution >= 4 is 11.6 Å². The number of rotatable bonds is 1. The maximum absolute atomic E-state index is 12.0. The minimum Gasteiger partial charge on any atom is -0.337 e. The van der Waals surface area contributed by atoms with Crippen molar-refractivity contribution in [2.24, 2.45) is 0 Å². The molecule has 1 saturated heterocycles. The molecule has 0 spiro atoms. The highest BCUT2D eigenvalue weighted by atomic mass is 16.2. The summed E-state index contributed by atoms with van der Waals surface area (Å²) in [6.07, 6.45) is 8.64. The molecule has 1 fully saturated rings. The van der Waals surface area contributed by atoms with Crippen molar-refractivity contribution in [2.75, 3.05) is 33.2 Å². The third-order valence-electron chi connectivity index (χ3n) is 3.02. The Bertz CT molecular complexity index is 394. The fourth-order valence-electron chi connectivity index (χ4n) is 1.84.